The Hall–Kier alpha value is -1.69. The lowest BCUT2D eigenvalue weighted by molar-refractivity contribution is -0.126. The number of carbonyl (C=O) groups is 1. The predicted octanol–water partition coefficient (Wildman–Crippen LogP) is 1.70. The molecule has 1 saturated heterocycles. The van der Waals surface area contributed by atoms with Crippen LogP contribution in [0.25, 0.3) is 0 Å². The highest BCUT2D eigenvalue weighted by atomic mass is 16.2. The van der Waals surface area contributed by atoms with Crippen molar-refractivity contribution in [1.82, 2.24) is 20.2 Å². The second kappa shape index (κ2) is 7.05. The number of aromatic nitrogens is 2. The smallest absolute Gasteiger partial charge is 0.237 e. The minimum Gasteiger partial charge on any atom is -0.354 e. The van der Waals surface area contributed by atoms with E-state index >= 15 is 0 Å². The summed E-state index contributed by atoms with van der Waals surface area (Å²) < 4.78 is 0. The zero-order chi connectivity index (χ0) is 17.3. The van der Waals surface area contributed by atoms with Gasteiger partial charge in [0.05, 0.1) is 6.04 Å². The molecule has 1 saturated carbocycles. The van der Waals surface area contributed by atoms with Gasteiger partial charge in [-0.1, -0.05) is 13.8 Å². The molecule has 1 aliphatic heterocycles. The van der Waals surface area contributed by atoms with Gasteiger partial charge in [0, 0.05) is 49.9 Å². The normalized spacial score (nSPS) is 20.3. The highest BCUT2D eigenvalue weighted by Crippen LogP contribution is 2.21. The molecule has 1 N–H and O–H groups in total. The third-order valence-electron chi connectivity index (χ3n) is 4.86. The minimum atomic E-state index is -0.0499. The van der Waals surface area contributed by atoms with E-state index in [0.717, 1.165) is 56.4 Å². The molecule has 0 unspecified atom stereocenters. The number of hydrogen-bond donors (Lipinski definition) is 1. The number of amides is 1. The summed E-state index contributed by atoms with van der Waals surface area (Å²) in [5, 5.41) is 3.11. The Balaban J connectivity index is 1.59. The number of piperazine rings is 1. The first-order chi connectivity index (χ1) is 11.4. The Morgan fingerprint density at radius 3 is 2.42 bits per heavy atom. The molecule has 1 aromatic rings. The summed E-state index contributed by atoms with van der Waals surface area (Å²) in [6, 6.07) is 2.44. The fraction of sp³-hybridized carbons (Fsp3) is 0.722. The molecule has 2 heterocycles. The molecule has 2 fully saturated rings. The van der Waals surface area contributed by atoms with Gasteiger partial charge in [-0.05, 0) is 26.7 Å². The summed E-state index contributed by atoms with van der Waals surface area (Å²) in [6.45, 7) is 11.9. The van der Waals surface area contributed by atoms with E-state index in [-0.39, 0.29) is 11.9 Å². The van der Waals surface area contributed by atoms with Crippen LogP contribution in [0, 0.1) is 6.92 Å². The van der Waals surface area contributed by atoms with Crippen LogP contribution in [0.15, 0.2) is 6.07 Å². The lowest BCUT2D eigenvalue weighted by atomic mass is 10.2. The van der Waals surface area contributed by atoms with Crippen LogP contribution in [0.2, 0.25) is 0 Å². The molecule has 1 aromatic heterocycles. The second-order valence-electron chi connectivity index (χ2n) is 7.36. The average molecular weight is 331 g/mol. The molecule has 0 spiro atoms. The van der Waals surface area contributed by atoms with Gasteiger partial charge in [0.2, 0.25) is 5.91 Å². The van der Waals surface area contributed by atoms with Gasteiger partial charge in [-0.15, -0.1) is 0 Å². The zero-order valence-electron chi connectivity index (χ0n) is 15.2. The van der Waals surface area contributed by atoms with Crippen molar-refractivity contribution in [3.8, 4) is 0 Å². The third-order valence-corrected chi connectivity index (χ3v) is 4.86. The van der Waals surface area contributed by atoms with Crippen molar-refractivity contribution in [3.63, 3.8) is 0 Å². The van der Waals surface area contributed by atoms with Gasteiger partial charge in [-0.25, -0.2) is 9.97 Å². The maximum Gasteiger partial charge on any atom is 0.237 e. The SMILES string of the molecule is Cc1cc(N2CCN([C@@H](C)C(=O)NC3CC3)CC2)nc(C(C)C)n1. The van der Waals surface area contributed by atoms with E-state index in [0.29, 0.717) is 12.0 Å². The van der Waals surface area contributed by atoms with Crippen LogP contribution in [-0.2, 0) is 4.79 Å². The second-order valence-corrected chi connectivity index (χ2v) is 7.36. The molecule has 0 aromatic carbocycles. The highest BCUT2D eigenvalue weighted by Gasteiger charge is 2.30. The van der Waals surface area contributed by atoms with Gasteiger partial charge in [-0.2, -0.15) is 0 Å². The minimum absolute atomic E-state index is 0.0499. The lowest BCUT2D eigenvalue weighted by Crippen LogP contribution is -2.54. The predicted molar refractivity (Wildman–Crippen MR) is 95.3 cm³/mol. The van der Waals surface area contributed by atoms with Crippen molar-refractivity contribution in [2.75, 3.05) is 31.1 Å². The molecule has 24 heavy (non-hydrogen) atoms. The van der Waals surface area contributed by atoms with Crippen LogP contribution in [0.4, 0.5) is 5.82 Å². The number of aryl methyl sites for hydroxylation is 1. The van der Waals surface area contributed by atoms with E-state index in [2.05, 4.69) is 40.0 Å². The van der Waals surface area contributed by atoms with Gasteiger partial charge in [0.1, 0.15) is 11.6 Å². The standard InChI is InChI=1S/C18H29N5O/c1-12(2)17-19-13(3)11-16(21-17)23-9-7-22(8-10-23)14(4)18(24)20-15-5-6-15/h11-12,14-15H,5-10H2,1-4H3,(H,20,24)/t14-/m0/s1. The maximum atomic E-state index is 12.2. The van der Waals surface area contributed by atoms with E-state index in [4.69, 9.17) is 4.98 Å². The lowest BCUT2D eigenvalue weighted by Gasteiger charge is -2.38. The topological polar surface area (TPSA) is 61.4 Å². The first-order valence-electron chi connectivity index (χ1n) is 9.09. The van der Waals surface area contributed by atoms with Crippen molar-refractivity contribution >= 4 is 11.7 Å². The molecular weight excluding hydrogens is 302 g/mol. The molecule has 6 nitrogen and oxygen atoms in total. The number of hydrogen-bond acceptors (Lipinski definition) is 5. The Bertz CT molecular complexity index is 591. The maximum absolute atomic E-state index is 12.2. The van der Waals surface area contributed by atoms with Crippen LogP contribution in [0.3, 0.4) is 0 Å². The molecule has 1 atom stereocenters. The Morgan fingerprint density at radius 2 is 1.83 bits per heavy atom. The first-order valence-corrected chi connectivity index (χ1v) is 9.09. The van der Waals surface area contributed by atoms with Crippen molar-refractivity contribution < 1.29 is 4.79 Å². The van der Waals surface area contributed by atoms with Gasteiger partial charge in [0.15, 0.2) is 0 Å². The van der Waals surface area contributed by atoms with Gasteiger partial charge >= 0.3 is 0 Å². The third kappa shape index (κ3) is 4.04. The fourth-order valence-corrected chi connectivity index (χ4v) is 3.05. The van der Waals surface area contributed by atoms with Crippen molar-refractivity contribution in [2.24, 2.45) is 0 Å². The molecule has 3 rings (SSSR count). The Kier molecular flexibility index (Phi) is 5.04. The summed E-state index contributed by atoms with van der Waals surface area (Å²) in [4.78, 5) is 26.1. The summed E-state index contributed by atoms with van der Waals surface area (Å²) in [5.41, 5.74) is 1.02. The van der Waals surface area contributed by atoms with Crippen LogP contribution in [0.1, 0.15) is 51.0 Å². The zero-order valence-corrected chi connectivity index (χ0v) is 15.2. The highest BCUT2D eigenvalue weighted by molar-refractivity contribution is 5.81. The molecule has 132 valence electrons. The number of nitrogens with one attached hydrogen (secondary N) is 1. The molecule has 0 bridgehead atoms. The van der Waals surface area contributed by atoms with E-state index in [1.807, 2.05) is 13.8 Å². The Labute approximate surface area is 144 Å². The van der Waals surface area contributed by atoms with Crippen molar-refractivity contribution in [1.29, 1.82) is 0 Å². The number of anilines is 1. The van der Waals surface area contributed by atoms with E-state index in [1.54, 1.807) is 0 Å². The molecule has 2 aliphatic rings. The Morgan fingerprint density at radius 1 is 1.17 bits per heavy atom. The fourth-order valence-electron chi connectivity index (χ4n) is 3.05. The van der Waals surface area contributed by atoms with Crippen LogP contribution in [-0.4, -0.2) is 59.0 Å². The van der Waals surface area contributed by atoms with Crippen LogP contribution in [0.5, 0.6) is 0 Å². The van der Waals surface area contributed by atoms with Crippen molar-refractivity contribution in [2.45, 2.75) is 58.5 Å². The molecule has 6 heteroatoms. The number of carbonyl (C=O) groups excluding carboxylic acids is 1. The van der Waals surface area contributed by atoms with Gasteiger partial charge < -0.3 is 10.2 Å². The number of nitrogens with zero attached hydrogens (tertiary/aromatic N) is 4. The molecule has 1 aliphatic carbocycles. The number of rotatable bonds is 5. The monoisotopic (exact) mass is 331 g/mol. The van der Waals surface area contributed by atoms with Gasteiger partial charge in [-0.3, -0.25) is 9.69 Å². The quantitative estimate of drug-likeness (QED) is 0.890. The van der Waals surface area contributed by atoms with Crippen molar-refractivity contribution in [3.05, 3.63) is 17.6 Å². The van der Waals surface area contributed by atoms with Crippen LogP contribution >= 0.6 is 0 Å². The largest absolute Gasteiger partial charge is 0.354 e. The first kappa shape index (κ1) is 17.1. The van der Waals surface area contributed by atoms with E-state index in [1.165, 1.54) is 0 Å². The molecule has 1 amide bonds. The van der Waals surface area contributed by atoms with E-state index < -0.39 is 0 Å². The van der Waals surface area contributed by atoms with Crippen LogP contribution < -0.4 is 10.2 Å². The average Bonchev–Trinajstić information content (AvgIpc) is 3.37. The summed E-state index contributed by atoms with van der Waals surface area (Å²) in [6.07, 6.45) is 2.27. The summed E-state index contributed by atoms with van der Waals surface area (Å²) in [7, 11) is 0. The summed E-state index contributed by atoms with van der Waals surface area (Å²) >= 11 is 0. The van der Waals surface area contributed by atoms with E-state index in [9.17, 15) is 4.79 Å². The summed E-state index contributed by atoms with van der Waals surface area (Å²) in [5.74, 6) is 2.42. The van der Waals surface area contributed by atoms with Gasteiger partial charge in [0.25, 0.3) is 0 Å². The molecule has 0 radical (unpaired) electrons. The molecular formula is C18H29N5O.